The minimum Gasteiger partial charge on any atom is -0.481 e. The van der Waals surface area contributed by atoms with E-state index in [1.165, 1.54) is 0 Å². The number of carbonyl (C=O) groups excluding carboxylic acids is 1. The van der Waals surface area contributed by atoms with Crippen LogP contribution in [-0.2, 0) is 4.79 Å². The number of carboxylic acids is 1. The van der Waals surface area contributed by atoms with Gasteiger partial charge in [-0.05, 0) is 49.8 Å². The molecule has 0 heterocycles. The molecule has 0 aromatic heterocycles. The molecule has 1 aliphatic carbocycles. The summed E-state index contributed by atoms with van der Waals surface area (Å²) in [5.41, 5.74) is 2.86. The zero-order valence-electron chi connectivity index (χ0n) is 11.6. The number of aryl methyl sites for hydroxylation is 2. The van der Waals surface area contributed by atoms with E-state index in [4.69, 9.17) is 0 Å². The maximum absolute atomic E-state index is 12.5. The molecule has 1 aliphatic rings. The lowest BCUT2D eigenvalue weighted by Crippen LogP contribution is -2.25. The van der Waals surface area contributed by atoms with Crippen molar-refractivity contribution in [3.05, 3.63) is 34.9 Å². The van der Waals surface area contributed by atoms with Crippen LogP contribution in [0.1, 0.15) is 41.3 Å². The Morgan fingerprint density at radius 1 is 1.11 bits per heavy atom. The van der Waals surface area contributed by atoms with Crippen molar-refractivity contribution < 1.29 is 14.7 Å². The lowest BCUT2D eigenvalue weighted by molar-refractivity contribution is -0.142. The third kappa shape index (κ3) is 2.70. The van der Waals surface area contributed by atoms with Gasteiger partial charge >= 0.3 is 5.97 Å². The van der Waals surface area contributed by atoms with Crippen molar-refractivity contribution in [2.24, 2.45) is 17.8 Å². The van der Waals surface area contributed by atoms with Gasteiger partial charge in [-0.2, -0.15) is 0 Å². The molecule has 0 aliphatic heterocycles. The van der Waals surface area contributed by atoms with Gasteiger partial charge in [-0.1, -0.05) is 19.1 Å². The SMILES string of the molecule is Cc1ccc(C(=O)C2CC(C)CC2C(=O)O)cc1C. The summed E-state index contributed by atoms with van der Waals surface area (Å²) in [6.45, 7) is 5.99. The molecular weight excluding hydrogens is 240 g/mol. The van der Waals surface area contributed by atoms with Crippen LogP contribution in [0.15, 0.2) is 18.2 Å². The van der Waals surface area contributed by atoms with Gasteiger partial charge in [0.2, 0.25) is 0 Å². The number of rotatable bonds is 3. The molecule has 19 heavy (non-hydrogen) atoms. The number of aliphatic carboxylic acids is 1. The lowest BCUT2D eigenvalue weighted by Gasteiger charge is -2.15. The molecule has 1 aromatic rings. The Morgan fingerprint density at radius 3 is 2.32 bits per heavy atom. The number of hydrogen-bond acceptors (Lipinski definition) is 2. The van der Waals surface area contributed by atoms with Crippen LogP contribution in [0.25, 0.3) is 0 Å². The maximum atomic E-state index is 12.5. The van der Waals surface area contributed by atoms with Crippen LogP contribution in [0, 0.1) is 31.6 Å². The smallest absolute Gasteiger partial charge is 0.307 e. The Labute approximate surface area is 113 Å². The minimum atomic E-state index is -0.841. The van der Waals surface area contributed by atoms with Crippen molar-refractivity contribution in [3.8, 4) is 0 Å². The highest BCUT2D eigenvalue weighted by atomic mass is 16.4. The Morgan fingerprint density at radius 2 is 1.74 bits per heavy atom. The fourth-order valence-electron chi connectivity index (χ4n) is 2.96. The van der Waals surface area contributed by atoms with Crippen LogP contribution in [0.5, 0.6) is 0 Å². The van der Waals surface area contributed by atoms with Crippen molar-refractivity contribution in [2.45, 2.75) is 33.6 Å². The Bertz CT molecular complexity index is 519. The summed E-state index contributed by atoms with van der Waals surface area (Å²) < 4.78 is 0. The molecule has 0 bridgehead atoms. The normalized spacial score (nSPS) is 26.4. The Balaban J connectivity index is 2.27. The van der Waals surface area contributed by atoms with Crippen molar-refractivity contribution in [2.75, 3.05) is 0 Å². The van der Waals surface area contributed by atoms with E-state index in [1.807, 2.05) is 39.0 Å². The highest BCUT2D eigenvalue weighted by Gasteiger charge is 2.41. The number of benzene rings is 1. The molecule has 0 amide bonds. The predicted octanol–water partition coefficient (Wildman–Crippen LogP) is 3.23. The minimum absolute atomic E-state index is 0.0140. The Kier molecular flexibility index (Phi) is 3.74. The van der Waals surface area contributed by atoms with E-state index in [0.717, 1.165) is 11.1 Å². The second kappa shape index (κ2) is 5.16. The van der Waals surface area contributed by atoms with Gasteiger partial charge in [0.25, 0.3) is 0 Å². The van der Waals surface area contributed by atoms with Crippen molar-refractivity contribution >= 4 is 11.8 Å². The van der Waals surface area contributed by atoms with E-state index < -0.39 is 11.9 Å². The molecule has 1 saturated carbocycles. The third-order valence-electron chi connectivity index (χ3n) is 4.24. The number of carbonyl (C=O) groups is 2. The largest absolute Gasteiger partial charge is 0.481 e. The van der Waals surface area contributed by atoms with Crippen LogP contribution in [0.4, 0.5) is 0 Å². The van der Waals surface area contributed by atoms with Crippen LogP contribution in [0.3, 0.4) is 0 Å². The second-order valence-electron chi connectivity index (χ2n) is 5.79. The van der Waals surface area contributed by atoms with Crippen LogP contribution >= 0.6 is 0 Å². The van der Waals surface area contributed by atoms with E-state index in [9.17, 15) is 14.7 Å². The summed E-state index contributed by atoms with van der Waals surface area (Å²) in [5, 5.41) is 9.24. The molecule has 0 spiro atoms. The summed E-state index contributed by atoms with van der Waals surface area (Å²) in [7, 11) is 0. The lowest BCUT2D eigenvalue weighted by atomic mass is 9.87. The highest BCUT2D eigenvalue weighted by Crippen LogP contribution is 2.38. The predicted molar refractivity (Wildman–Crippen MR) is 73.3 cm³/mol. The molecular formula is C16H20O3. The fourth-order valence-corrected chi connectivity index (χ4v) is 2.96. The Hall–Kier alpha value is -1.64. The molecule has 1 N–H and O–H groups in total. The molecule has 1 aromatic carbocycles. The maximum Gasteiger partial charge on any atom is 0.307 e. The molecule has 3 atom stereocenters. The van der Waals surface area contributed by atoms with Crippen LogP contribution in [-0.4, -0.2) is 16.9 Å². The molecule has 3 heteroatoms. The van der Waals surface area contributed by atoms with E-state index in [0.29, 0.717) is 24.3 Å². The summed E-state index contributed by atoms with van der Waals surface area (Å²) >= 11 is 0. The first-order chi connectivity index (χ1) is 8.90. The molecule has 0 radical (unpaired) electrons. The number of Topliss-reactive ketones (excluding diaryl/α,β-unsaturated/α-hetero) is 1. The summed E-state index contributed by atoms with van der Waals surface area (Å²) in [6.07, 6.45) is 1.29. The van der Waals surface area contributed by atoms with Crippen LogP contribution in [0.2, 0.25) is 0 Å². The van der Waals surface area contributed by atoms with Crippen LogP contribution < -0.4 is 0 Å². The fraction of sp³-hybridized carbons (Fsp3) is 0.500. The highest BCUT2D eigenvalue weighted by molar-refractivity contribution is 6.00. The second-order valence-corrected chi connectivity index (χ2v) is 5.79. The third-order valence-corrected chi connectivity index (χ3v) is 4.24. The topological polar surface area (TPSA) is 54.4 Å². The first-order valence-electron chi connectivity index (χ1n) is 6.74. The average molecular weight is 260 g/mol. The molecule has 2 rings (SSSR count). The zero-order chi connectivity index (χ0) is 14.2. The van der Waals surface area contributed by atoms with E-state index in [-0.39, 0.29) is 11.7 Å². The van der Waals surface area contributed by atoms with Gasteiger partial charge in [0.1, 0.15) is 0 Å². The van der Waals surface area contributed by atoms with Gasteiger partial charge in [-0.3, -0.25) is 9.59 Å². The quantitative estimate of drug-likeness (QED) is 0.849. The van der Waals surface area contributed by atoms with Gasteiger partial charge in [0.05, 0.1) is 5.92 Å². The van der Waals surface area contributed by atoms with Crippen molar-refractivity contribution in [1.29, 1.82) is 0 Å². The van der Waals surface area contributed by atoms with Gasteiger partial charge < -0.3 is 5.11 Å². The summed E-state index contributed by atoms with van der Waals surface area (Å²) in [4.78, 5) is 23.8. The number of hydrogen-bond donors (Lipinski definition) is 1. The molecule has 3 nitrogen and oxygen atoms in total. The molecule has 0 saturated heterocycles. The van der Waals surface area contributed by atoms with Gasteiger partial charge in [-0.15, -0.1) is 0 Å². The van der Waals surface area contributed by atoms with E-state index in [1.54, 1.807) is 0 Å². The standard InChI is InChI=1S/C16H20O3/c1-9-6-13(14(7-9)16(18)19)15(17)12-5-4-10(2)11(3)8-12/h4-5,8-9,13-14H,6-7H2,1-3H3,(H,18,19). The van der Waals surface area contributed by atoms with Gasteiger partial charge in [0.15, 0.2) is 5.78 Å². The average Bonchev–Trinajstić information content (AvgIpc) is 2.74. The molecule has 1 fully saturated rings. The van der Waals surface area contributed by atoms with Crippen molar-refractivity contribution in [3.63, 3.8) is 0 Å². The summed E-state index contributed by atoms with van der Waals surface area (Å²) in [5.74, 6) is -1.44. The van der Waals surface area contributed by atoms with Crippen molar-refractivity contribution in [1.82, 2.24) is 0 Å². The first-order valence-corrected chi connectivity index (χ1v) is 6.74. The monoisotopic (exact) mass is 260 g/mol. The zero-order valence-corrected chi connectivity index (χ0v) is 11.6. The summed E-state index contributed by atoms with van der Waals surface area (Å²) in [6, 6.07) is 5.61. The number of ketones is 1. The molecule has 3 unspecified atom stereocenters. The number of carboxylic acid groups (broad SMARTS) is 1. The first kappa shape index (κ1) is 13.8. The van der Waals surface area contributed by atoms with E-state index in [2.05, 4.69) is 0 Å². The van der Waals surface area contributed by atoms with E-state index >= 15 is 0 Å². The van der Waals surface area contributed by atoms with Gasteiger partial charge in [0, 0.05) is 11.5 Å². The molecule has 102 valence electrons. The van der Waals surface area contributed by atoms with Gasteiger partial charge in [-0.25, -0.2) is 0 Å².